The molecule has 1 radical (unpaired) electrons. The average molecular weight is 107 g/mol. The van der Waals surface area contributed by atoms with Crippen molar-refractivity contribution in [3.8, 4) is 0 Å². The summed E-state index contributed by atoms with van der Waals surface area (Å²) in [5, 5.41) is 0. The predicted molar refractivity (Wildman–Crippen MR) is 35.4 cm³/mol. The monoisotopic (exact) mass is 107 g/mol. The zero-order valence-corrected chi connectivity index (χ0v) is 5.01. The lowest BCUT2D eigenvalue weighted by Crippen LogP contribution is -1.96. The predicted octanol–water partition coefficient (Wildman–Crippen LogP) is 2.33. The minimum atomic E-state index is 0.653. The molecule has 0 amide bonds. The number of hydrogen-bond acceptors (Lipinski definition) is 0. The molecule has 0 saturated heterocycles. The zero-order valence-electron chi connectivity index (χ0n) is 5.01. The third-order valence-electron chi connectivity index (χ3n) is 1.58. The molecule has 0 heterocycles. The van der Waals surface area contributed by atoms with E-state index in [-0.39, 0.29) is 0 Å². The van der Waals surface area contributed by atoms with Gasteiger partial charge in [-0.2, -0.15) is 0 Å². The summed E-state index contributed by atoms with van der Waals surface area (Å²) in [6.45, 7) is 5.34. The smallest absolute Gasteiger partial charge is 0.0193 e. The van der Waals surface area contributed by atoms with E-state index in [1.807, 2.05) is 6.08 Å². The van der Waals surface area contributed by atoms with Crippen LogP contribution in [0.1, 0.15) is 19.3 Å². The van der Waals surface area contributed by atoms with Crippen LogP contribution in [0.25, 0.3) is 0 Å². The normalized spacial score (nSPS) is 27.8. The molecule has 43 valence electrons. The molecule has 1 rings (SSSR count). The van der Waals surface area contributed by atoms with Gasteiger partial charge in [0.25, 0.3) is 0 Å². The summed E-state index contributed by atoms with van der Waals surface area (Å²) in [5.41, 5.74) is 0. The Balaban J connectivity index is 2.37. The van der Waals surface area contributed by atoms with Crippen LogP contribution in [0.3, 0.4) is 0 Å². The van der Waals surface area contributed by atoms with Crippen molar-refractivity contribution in [1.82, 2.24) is 0 Å². The van der Waals surface area contributed by atoms with E-state index in [0.717, 1.165) is 6.42 Å². The Bertz CT molecular complexity index is 101. The van der Waals surface area contributed by atoms with Crippen LogP contribution in [0, 0.1) is 12.5 Å². The first kappa shape index (κ1) is 5.61. The lowest BCUT2D eigenvalue weighted by atomic mass is 9.95. The van der Waals surface area contributed by atoms with Gasteiger partial charge in [-0.15, -0.1) is 0 Å². The van der Waals surface area contributed by atoms with E-state index in [9.17, 15) is 0 Å². The Labute approximate surface area is 50.9 Å². The fourth-order valence-corrected chi connectivity index (χ4v) is 0.992. The molecule has 0 aromatic rings. The van der Waals surface area contributed by atoms with Gasteiger partial charge in [-0.05, 0) is 25.2 Å². The lowest BCUT2D eigenvalue weighted by molar-refractivity contribution is 0.584. The largest absolute Gasteiger partial charge is 0.0885 e. The molecular weight excluding hydrogens is 96.1 g/mol. The highest BCUT2D eigenvalue weighted by Crippen LogP contribution is 2.17. The van der Waals surface area contributed by atoms with Crippen molar-refractivity contribution in [2.24, 2.45) is 5.92 Å². The Morgan fingerprint density at radius 2 is 2.38 bits per heavy atom. The summed E-state index contributed by atoms with van der Waals surface area (Å²) in [4.78, 5) is 0. The van der Waals surface area contributed by atoms with Crippen LogP contribution in [0.15, 0.2) is 18.2 Å². The van der Waals surface area contributed by atoms with E-state index in [2.05, 4.69) is 12.2 Å². The van der Waals surface area contributed by atoms with E-state index >= 15 is 0 Å². The third-order valence-corrected chi connectivity index (χ3v) is 1.58. The molecular formula is C8H11. The van der Waals surface area contributed by atoms with Crippen molar-refractivity contribution in [2.45, 2.75) is 19.3 Å². The Kier molecular flexibility index (Phi) is 1.90. The first-order valence-corrected chi connectivity index (χ1v) is 3.13. The van der Waals surface area contributed by atoms with E-state index in [4.69, 9.17) is 6.58 Å². The highest BCUT2D eigenvalue weighted by atomic mass is 14.1. The van der Waals surface area contributed by atoms with Crippen molar-refractivity contribution in [2.75, 3.05) is 0 Å². The summed E-state index contributed by atoms with van der Waals surface area (Å²) >= 11 is 0. The number of rotatable bonds is 1. The molecule has 0 nitrogen and oxygen atoms in total. The lowest BCUT2D eigenvalue weighted by Gasteiger charge is -2.11. The standard InChI is InChI=1S/C8H11/c1-2-8-6-4-3-5-7-8/h1-4,8H,5-7H2. The van der Waals surface area contributed by atoms with Gasteiger partial charge in [-0.25, -0.2) is 0 Å². The minimum Gasteiger partial charge on any atom is -0.0885 e. The summed E-state index contributed by atoms with van der Waals surface area (Å²) in [5.74, 6) is 0.653. The maximum Gasteiger partial charge on any atom is -0.0193 e. The van der Waals surface area contributed by atoms with Gasteiger partial charge >= 0.3 is 0 Å². The van der Waals surface area contributed by atoms with Gasteiger partial charge in [0.15, 0.2) is 0 Å². The molecule has 0 aromatic carbocycles. The van der Waals surface area contributed by atoms with Crippen molar-refractivity contribution >= 4 is 0 Å². The quantitative estimate of drug-likeness (QED) is 0.451. The summed E-state index contributed by atoms with van der Waals surface area (Å²) in [7, 11) is 0. The highest BCUT2D eigenvalue weighted by molar-refractivity contribution is 4.94. The van der Waals surface area contributed by atoms with Crippen LogP contribution in [0.5, 0.6) is 0 Å². The zero-order chi connectivity index (χ0) is 5.82. The van der Waals surface area contributed by atoms with Gasteiger partial charge in [0.2, 0.25) is 0 Å². The third kappa shape index (κ3) is 1.22. The highest BCUT2D eigenvalue weighted by Gasteiger charge is 2.02. The van der Waals surface area contributed by atoms with Gasteiger partial charge in [-0.1, -0.05) is 24.8 Å². The summed E-state index contributed by atoms with van der Waals surface area (Å²) < 4.78 is 0. The molecule has 0 aliphatic heterocycles. The van der Waals surface area contributed by atoms with Crippen molar-refractivity contribution < 1.29 is 0 Å². The molecule has 8 heavy (non-hydrogen) atoms. The second-order valence-corrected chi connectivity index (χ2v) is 2.24. The molecule has 0 saturated carbocycles. The molecule has 0 spiro atoms. The SMILES string of the molecule is [CH]=CC1CC=CCC1. The van der Waals surface area contributed by atoms with E-state index < -0.39 is 0 Å². The minimum absolute atomic E-state index is 0.653. The van der Waals surface area contributed by atoms with E-state index in [1.165, 1.54) is 12.8 Å². The fourth-order valence-electron chi connectivity index (χ4n) is 0.992. The Morgan fingerprint density at radius 1 is 1.50 bits per heavy atom. The summed E-state index contributed by atoms with van der Waals surface area (Å²) in [6.07, 6.45) is 9.84. The maximum atomic E-state index is 5.34. The molecule has 0 fully saturated rings. The molecule has 1 unspecified atom stereocenters. The van der Waals surface area contributed by atoms with Crippen LogP contribution in [0.2, 0.25) is 0 Å². The second kappa shape index (κ2) is 2.71. The molecule has 1 aliphatic rings. The average Bonchev–Trinajstić information content (AvgIpc) is 1.90. The molecule has 0 N–H and O–H groups in total. The first-order chi connectivity index (χ1) is 3.93. The number of allylic oxidation sites excluding steroid dienone is 3. The fraction of sp³-hybridized carbons (Fsp3) is 0.500. The van der Waals surface area contributed by atoms with Gasteiger partial charge < -0.3 is 0 Å². The maximum absolute atomic E-state index is 5.34. The van der Waals surface area contributed by atoms with Crippen molar-refractivity contribution in [3.63, 3.8) is 0 Å². The molecule has 0 heteroatoms. The summed E-state index contributed by atoms with van der Waals surface area (Å²) in [6, 6.07) is 0. The van der Waals surface area contributed by atoms with Crippen molar-refractivity contribution in [3.05, 3.63) is 24.8 Å². The topological polar surface area (TPSA) is 0 Å². The second-order valence-electron chi connectivity index (χ2n) is 2.24. The Hall–Kier alpha value is -0.520. The van der Waals surface area contributed by atoms with Crippen LogP contribution in [0.4, 0.5) is 0 Å². The van der Waals surface area contributed by atoms with Crippen LogP contribution in [-0.4, -0.2) is 0 Å². The molecule has 1 atom stereocenters. The van der Waals surface area contributed by atoms with E-state index in [1.54, 1.807) is 0 Å². The van der Waals surface area contributed by atoms with Gasteiger partial charge in [0.05, 0.1) is 0 Å². The van der Waals surface area contributed by atoms with Gasteiger partial charge in [0, 0.05) is 0 Å². The van der Waals surface area contributed by atoms with Crippen molar-refractivity contribution in [1.29, 1.82) is 0 Å². The molecule has 0 bridgehead atoms. The first-order valence-electron chi connectivity index (χ1n) is 3.13. The molecule has 0 aromatic heterocycles. The van der Waals surface area contributed by atoms with E-state index in [0.29, 0.717) is 5.92 Å². The van der Waals surface area contributed by atoms with Crippen LogP contribution >= 0.6 is 0 Å². The Morgan fingerprint density at radius 3 is 2.75 bits per heavy atom. The number of hydrogen-bond donors (Lipinski definition) is 0. The van der Waals surface area contributed by atoms with Crippen LogP contribution < -0.4 is 0 Å². The molecule has 1 aliphatic carbocycles. The van der Waals surface area contributed by atoms with Gasteiger partial charge in [0.1, 0.15) is 0 Å². The van der Waals surface area contributed by atoms with Crippen LogP contribution in [-0.2, 0) is 0 Å². The van der Waals surface area contributed by atoms with Gasteiger partial charge in [-0.3, -0.25) is 0 Å².